The summed E-state index contributed by atoms with van der Waals surface area (Å²) in [5, 5.41) is 3.07. The Morgan fingerprint density at radius 2 is 2.00 bits per heavy atom. The topological polar surface area (TPSA) is 116 Å². The van der Waals surface area contributed by atoms with Crippen molar-refractivity contribution < 1.29 is 27.2 Å². The molecule has 2 aromatic heterocycles. The molecule has 0 saturated carbocycles. The number of hydrogen-bond donors (Lipinski definition) is 1. The highest BCUT2D eigenvalue weighted by molar-refractivity contribution is 7.90. The fourth-order valence-electron chi connectivity index (χ4n) is 3.55. The number of esters is 1. The molecular weight excluding hydrogens is 452 g/mol. The van der Waals surface area contributed by atoms with Crippen molar-refractivity contribution in [2.75, 3.05) is 17.7 Å². The second kappa shape index (κ2) is 8.87. The summed E-state index contributed by atoms with van der Waals surface area (Å²) in [5.41, 5.74) is 2.18. The molecule has 32 heavy (non-hydrogen) atoms. The molecule has 1 aromatic carbocycles. The Morgan fingerprint density at radius 1 is 1.25 bits per heavy atom. The second-order valence-electron chi connectivity index (χ2n) is 7.38. The number of thiophene rings is 1. The van der Waals surface area contributed by atoms with Gasteiger partial charge in [-0.05, 0) is 38.0 Å². The van der Waals surface area contributed by atoms with E-state index in [1.165, 1.54) is 0 Å². The van der Waals surface area contributed by atoms with Gasteiger partial charge < -0.3 is 14.5 Å². The molecule has 10 heteroatoms. The van der Waals surface area contributed by atoms with Gasteiger partial charge in [-0.2, -0.15) is 0 Å². The monoisotopic (exact) mass is 474 g/mol. The van der Waals surface area contributed by atoms with E-state index < -0.39 is 15.8 Å². The van der Waals surface area contributed by atoms with Gasteiger partial charge in [0.05, 0.1) is 35.8 Å². The Morgan fingerprint density at radius 3 is 2.72 bits per heavy atom. The van der Waals surface area contributed by atoms with Gasteiger partial charge in [-0.3, -0.25) is 4.79 Å². The Kier molecular flexibility index (Phi) is 6.16. The second-order valence-corrected chi connectivity index (χ2v) is 10.7. The van der Waals surface area contributed by atoms with Crippen molar-refractivity contribution in [3.63, 3.8) is 0 Å². The highest BCUT2D eigenvalue weighted by Gasteiger charge is 2.32. The average Bonchev–Trinajstić information content (AvgIpc) is 3.27. The largest absolute Gasteiger partial charge is 0.462 e. The molecule has 4 rings (SSSR count). The van der Waals surface area contributed by atoms with Gasteiger partial charge in [0.1, 0.15) is 10.8 Å². The third kappa shape index (κ3) is 4.61. The third-order valence-electron chi connectivity index (χ3n) is 5.08. The number of aryl methyl sites for hydroxylation is 1. The van der Waals surface area contributed by atoms with Crippen LogP contribution in [0.25, 0.3) is 11.5 Å². The minimum absolute atomic E-state index is 0.0308. The first-order valence-corrected chi connectivity index (χ1v) is 12.7. The van der Waals surface area contributed by atoms with Crippen molar-refractivity contribution in [2.45, 2.75) is 32.4 Å². The van der Waals surface area contributed by atoms with E-state index in [1.807, 2.05) is 30.3 Å². The molecule has 1 aliphatic heterocycles. The number of nitrogens with one attached hydrogen (secondary N) is 1. The van der Waals surface area contributed by atoms with E-state index in [-0.39, 0.29) is 42.4 Å². The molecule has 1 N–H and O–H groups in total. The summed E-state index contributed by atoms with van der Waals surface area (Å²) in [4.78, 5) is 30.4. The number of amides is 1. The number of carbonyl (C=O) groups is 2. The summed E-state index contributed by atoms with van der Waals surface area (Å²) in [6.07, 6.45) is 0.173. The molecule has 0 spiro atoms. The molecule has 3 aromatic rings. The first-order valence-electron chi connectivity index (χ1n) is 10.1. The average molecular weight is 475 g/mol. The van der Waals surface area contributed by atoms with Gasteiger partial charge in [-0.25, -0.2) is 18.2 Å². The van der Waals surface area contributed by atoms with Crippen molar-refractivity contribution in [3.8, 4) is 11.5 Å². The van der Waals surface area contributed by atoms with E-state index in [0.717, 1.165) is 16.9 Å². The van der Waals surface area contributed by atoms with Crippen LogP contribution < -0.4 is 5.32 Å². The number of carbonyl (C=O) groups excluding carboxylic acids is 2. The highest BCUT2D eigenvalue weighted by Crippen LogP contribution is 2.38. The lowest BCUT2D eigenvalue weighted by molar-refractivity contribution is -0.115. The van der Waals surface area contributed by atoms with E-state index in [9.17, 15) is 18.0 Å². The molecule has 8 nitrogen and oxygen atoms in total. The van der Waals surface area contributed by atoms with Crippen molar-refractivity contribution in [2.24, 2.45) is 0 Å². The van der Waals surface area contributed by atoms with Crippen molar-refractivity contribution in [1.82, 2.24) is 4.98 Å². The van der Waals surface area contributed by atoms with E-state index in [0.29, 0.717) is 32.8 Å². The molecule has 0 atom stereocenters. The maximum Gasteiger partial charge on any atom is 0.341 e. The molecule has 0 fully saturated rings. The zero-order chi connectivity index (χ0) is 22.9. The summed E-state index contributed by atoms with van der Waals surface area (Å²) in [6.45, 7) is 3.60. The molecule has 0 bridgehead atoms. The number of ether oxygens (including phenoxy) is 1. The summed E-state index contributed by atoms with van der Waals surface area (Å²) in [6, 6.07) is 9.37. The normalized spacial score (nSPS) is 14.6. The standard InChI is InChI=1S/C22H22N2O6S2/c1-3-29-22(26)19-15-9-10-32(27,28)12-17(15)31-21(19)24-18(25)11-16-13(2)30-20(23-16)14-7-5-4-6-8-14/h4-8H,3,9-12H2,1-2H3,(H,24,25). The van der Waals surface area contributed by atoms with Gasteiger partial charge >= 0.3 is 5.97 Å². The minimum atomic E-state index is -3.22. The van der Waals surface area contributed by atoms with Gasteiger partial charge in [0.2, 0.25) is 11.8 Å². The summed E-state index contributed by atoms with van der Waals surface area (Å²) in [5.74, 6) is -0.164. The molecule has 1 amide bonds. The molecule has 0 radical (unpaired) electrons. The summed E-state index contributed by atoms with van der Waals surface area (Å²) >= 11 is 1.11. The highest BCUT2D eigenvalue weighted by atomic mass is 32.2. The van der Waals surface area contributed by atoms with Crippen LogP contribution in [-0.4, -0.2) is 37.6 Å². The van der Waals surface area contributed by atoms with Crippen LogP contribution in [0.2, 0.25) is 0 Å². The fourth-order valence-corrected chi connectivity index (χ4v) is 6.60. The van der Waals surface area contributed by atoms with Gasteiger partial charge in [-0.1, -0.05) is 18.2 Å². The number of aromatic nitrogens is 1. The molecule has 0 aliphatic carbocycles. The molecular formula is C22H22N2O6S2. The molecule has 168 valence electrons. The lowest BCUT2D eigenvalue weighted by Gasteiger charge is -2.13. The Labute approximate surface area is 189 Å². The maximum atomic E-state index is 12.8. The van der Waals surface area contributed by atoms with Crippen molar-refractivity contribution in [1.29, 1.82) is 0 Å². The smallest absolute Gasteiger partial charge is 0.341 e. The van der Waals surface area contributed by atoms with Crippen LogP contribution in [0.3, 0.4) is 0 Å². The number of fused-ring (bicyclic) bond motifs is 1. The minimum Gasteiger partial charge on any atom is -0.462 e. The van der Waals surface area contributed by atoms with Crippen LogP contribution in [0.5, 0.6) is 0 Å². The van der Waals surface area contributed by atoms with Crippen molar-refractivity contribution in [3.05, 3.63) is 57.8 Å². The Balaban J connectivity index is 1.58. The van der Waals surface area contributed by atoms with Crippen molar-refractivity contribution >= 4 is 38.1 Å². The lowest BCUT2D eigenvalue weighted by Crippen LogP contribution is -2.20. The van der Waals surface area contributed by atoms with Crippen LogP contribution in [-0.2, 0) is 38.0 Å². The van der Waals surface area contributed by atoms with Gasteiger partial charge in [-0.15, -0.1) is 11.3 Å². The molecule has 0 saturated heterocycles. The van der Waals surface area contributed by atoms with E-state index in [4.69, 9.17) is 9.15 Å². The van der Waals surface area contributed by atoms with Crippen LogP contribution in [0.15, 0.2) is 34.7 Å². The quantitative estimate of drug-likeness (QED) is 0.543. The number of benzene rings is 1. The van der Waals surface area contributed by atoms with Crippen LogP contribution in [0.1, 0.15) is 39.2 Å². The van der Waals surface area contributed by atoms with E-state index in [1.54, 1.807) is 13.8 Å². The predicted octanol–water partition coefficient (Wildman–Crippen LogP) is 3.54. The van der Waals surface area contributed by atoms with E-state index in [2.05, 4.69) is 10.3 Å². The number of sulfone groups is 1. The lowest BCUT2D eigenvalue weighted by atomic mass is 10.1. The number of nitrogens with zero attached hydrogens (tertiary/aromatic N) is 1. The molecule has 1 aliphatic rings. The molecule has 0 unspecified atom stereocenters. The number of oxazole rings is 1. The summed E-state index contributed by atoms with van der Waals surface area (Å²) < 4.78 is 34.9. The third-order valence-corrected chi connectivity index (χ3v) is 7.96. The van der Waals surface area contributed by atoms with Gasteiger partial charge in [0.15, 0.2) is 9.84 Å². The molecule has 3 heterocycles. The number of hydrogen-bond acceptors (Lipinski definition) is 8. The SMILES string of the molecule is CCOC(=O)c1c(NC(=O)Cc2nc(-c3ccccc3)oc2C)sc2c1CCS(=O)(=O)C2. The van der Waals surface area contributed by atoms with Crippen LogP contribution >= 0.6 is 11.3 Å². The van der Waals surface area contributed by atoms with E-state index >= 15 is 0 Å². The fraction of sp³-hybridized carbons (Fsp3) is 0.318. The number of rotatable bonds is 6. The summed E-state index contributed by atoms with van der Waals surface area (Å²) in [7, 11) is -3.22. The Bertz CT molecular complexity index is 1280. The first-order chi connectivity index (χ1) is 15.3. The maximum absolute atomic E-state index is 12.8. The zero-order valence-corrected chi connectivity index (χ0v) is 19.3. The zero-order valence-electron chi connectivity index (χ0n) is 17.6. The first kappa shape index (κ1) is 22.2. The Hall–Kier alpha value is -2.98. The number of anilines is 1. The van der Waals surface area contributed by atoms with Crippen LogP contribution in [0, 0.1) is 6.92 Å². The predicted molar refractivity (Wildman–Crippen MR) is 120 cm³/mol. The van der Waals surface area contributed by atoms with Gasteiger partial charge in [0, 0.05) is 10.4 Å². The van der Waals surface area contributed by atoms with Crippen LogP contribution in [0.4, 0.5) is 5.00 Å². The van der Waals surface area contributed by atoms with Gasteiger partial charge in [0.25, 0.3) is 0 Å².